The predicted molar refractivity (Wildman–Crippen MR) is 60.8 cm³/mol. The molecule has 15 heavy (non-hydrogen) atoms. The molecule has 1 saturated heterocycles. The Morgan fingerprint density at radius 3 is 2.67 bits per heavy atom. The Labute approximate surface area is 92.3 Å². The first-order valence-electron chi connectivity index (χ1n) is 5.51. The first-order valence-corrected chi connectivity index (χ1v) is 7.33. The van der Waals surface area contributed by atoms with E-state index in [2.05, 4.69) is 12.2 Å². The maximum atomic E-state index is 11.4. The van der Waals surface area contributed by atoms with Gasteiger partial charge in [-0.25, -0.2) is 8.42 Å². The summed E-state index contributed by atoms with van der Waals surface area (Å²) in [5.74, 6) is 0.526. The maximum absolute atomic E-state index is 11.4. The molecule has 0 bridgehead atoms. The van der Waals surface area contributed by atoms with Crippen LogP contribution >= 0.6 is 0 Å². The highest BCUT2D eigenvalue weighted by atomic mass is 32.2. The Balaban J connectivity index is 2.26. The standard InChI is InChI=1S/C10H21NO3S/c1-3-7-15(12,13)8-5-11-10(2)4-6-14-9-10/h11H,3-9H2,1-2H3. The van der Waals surface area contributed by atoms with Crippen molar-refractivity contribution >= 4 is 9.84 Å². The zero-order valence-corrected chi connectivity index (χ0v) is 10.4. The van der Waals surface area contributed by atoms with Crippen molar-refractivity contribution in [3.63, 3.8) is 0 Å². The number of hydrogen-bond donors (Lipinski definition) is 1. The van der Waals surface area contributed by atoms with Gasteiger partial charge in [0.05, 0.1) is 12.4 Å². The normalized spacial score (nSPS) is 27.1. The third-order valence-electron chi connectivity index (χ3n) is 2.70. The van der Waals surface area contributed by atoms with E-state index in [1.807, 2.05) is 6.92 Å². The molecule has 5 heteroatoms. The van der Waals surface area contributed by atoms with E-state index in [9.17, 15) is 8.42 Å². The summed E-state index contributed by atoms with van der Waals surface area (Å²) < 4.78 is 28.2. The lowest BCUT2D eigenvalue weighted by molar-refractivity contribution is 0.172. The molecule has 1 fully saturated rings. The highest BCUT2D eigenvalue weighted by Crippen LogP contribution is 2.16. The number of nitrogens with one attached hydrogen (secondary N) is 1. The van der Waals surface area contributed by atoms with Gasteiger partial charge >= 0.3 is 0 Å². The van der Waals surface area contributed by atoms with Crippen molar-refractivity contribution < 1.29 is 13.2 Å². The van der Waals surface area contributed by atoms with Crippen molar-refractivity contribution in [3.05, 3.63) is 0 Å². The third-order valence-corrected chi connectivity index (χ3v) is 4.56. The van der Waals surface area contributed by atoms with Gasteiger partial charge in [-0.05, 0) is 19.8 Å². The monoisotopic (exact) mass is 235 g/mol. The van der Waals surface area contributed by atoms with Crippen LogP contribution in [0.15, 0.2) is 0 Å². The topological polar surface area (TPSA) is 55.4 Å². The quantitative estimate of drug-likeness (QED) is 0.731. The van der Waals surface area contributed by atoms with Gasteiger partial charge in [-0.15, -0.1) is 0 Å². The van der Waals surface area contributed by atoms with Crippen LogP contribution in [-0.2, 0) is 14.6 Å². The van der Waals surface area contributed by atoms with E-state index in [-0.39, 0.29) is 11.3 Å². The molecule has 0 saturated carbocycles. The van der Waals surface area contributed by atoms with Gasteiger partial charge in [0.15, 0.2) is 9.84 Å². The molecule has 1 heterocycles. The molecule has 1 aliphatic heterocycles. The van der Waals surface area contributed by atoms with Gasteiger partial charge in [0.25, 0.3) is 0 Å². The van der Waals surface area contributed by atoms with Crippen LogP contribution < -0.4 is 5.32 Å². The fourth-order valence-electron chi connectivity index (χ4n) is 1.73. The zero-order valence-electron chi connectivity index (χ0n) is 9.58. The van der Waals surface area contributed by atoms with E-state index < -0.39 is 9.84 Å². The summed E-state index contributed by atoms with van der Waals surface area (Å²) in [4.78, 5) is 0. The van der Waals surface area contributed by atoms with Crippen LogP contribution in [-0.4, -0.2) is 45.2 Å². The molecule has 0 amide bonds. The number of rotatable bonds is 6. The van der Waals surface area contributed by atoms with E-state index in [1.54, 1.807) is 0 Å². The molecule has 1 aliphatic rings. The van der Waals surface area contributed by atoms with Crippen molar-refractivity contribution in [2.24, 2.45) is 0 Å². The van der Waals surface area contributed by atoms with E-state index in [0.717, 1.165) is 13.0 Å². The van der Waals surface area contributed by atoms with Crippen LogP contribution in [0.2, 0.25) is 0 Å². The second kappa shape index (κ2) is 5.27. The highest BCUT2D eigenvalue weighted by molar-refractivity contribution is 7.91. The van der Waals surface area contributed by atoms with Crippen LogP contribution in [0.1, 0.15) is 26.7 Å². The molecular weight excluding hydrogens is 214 g/mol. The lowest BCUT2D eigenvalue weighted by Crippen LogP contribution is -2.44. The Kier molecular flexibility index (Phi) is 4.55. The van der Waals surface area contributed by atoms with Crippen molar-refractivity contribution in [1.29, 1.82) is 0 Å². The van der Waals surface area contributed by atoms with E-state index in [0.29, 0.717) is 25.3 Å². The minimum absolute atomic E-state index is 0.0261. The smallest absolute Gasteiger partial charge is 0.151 e. The molecule has 1 rings (SSSR count). The highest BCUT2D eigenvalue weighted by Gasteiger charge is 2.28. The first kappa shape index (κ1) is 12.9. The average molecular weight is 235 g/mol. The summed E-state index contributed by atoms with van der Waals surface area (Å²) in [7, 11) is -2.85. The average Bonchev–Trinajstić information content (AvgIpc) is 2.51. The fourth-order valence-corrected chi connectivity index (χ4v) is 2.97. The Morgan fingerprint density at radius 1 is 1.40 bits per heavy atom. The molecule has 90 valence electrons. The van der Waals surface area contributed by atoms with Crippen LogP contribution in [0.25, 0.3) is 0 Å². The molecule has 1 atom stereocenters. The maximum Gasteiger partial charge on any atom is 0.151 e. The van der Waals surface area contributed by atoms with Crippen LogP contribution in [0.4, 0.5) is 0 Å². The molecule has 0 aliphatic carbocycles. The molecule has 0 aromatic rings. The molecular formula is C10H21NO3S. The number of ether oxygens (including phenoxy) is 1. The van der Waals surface area contributed by atoms with Gasteiger partial charge in [0.1, 0.15) is 0 Å². The van der Waals surface area contributed by atoms with Gasteiger partial charge in [-0.1, -0.05) is 6.92 Å². The molecule has 1 unspecified atom stereocenters. The summed E-state index contributed by atoms with van der Waals surface area (Å²) in [6, 6.07) is 0. The minimum Gasteiger partial charge on any atom is -0.379 e. The summed E-state index contributed by atoms with van der Waals surface area (Å²) >= 11 is 0. The lowest BCUT2D eigenvalue weighted by atomic mass is 10.0. The van der Waals surface area contributed by atoms with Gasteiger partial charge in [-0.2, -0.15) is 0 Å². The summed E-state index contributed by atoms with van der Waals surface area (Å²) in [6.07, 6.45) is 1.66. The molecule has 0 radical (unpaired) electrons. The van der Waals surface area contributed by atoms with Crippen LogP contribution in [0, 0.1) is 0 Å². The number of sulfone groups is 1. The van der Waals surface area contributed by atoms with Crippen molar-refractivity contribution in [2.45, 2.75) is 32.2 Å². The third kappa shape index (κ3) is 4.49. The van der Waals surface area contributed by atoms with Crippen LogP contribution in [0.3, 0.4) is 0 Å². The largest absolute Gasteiger partial charge is 0.379 e. The van der Waals surface area contributed by atoms with Crippen molar-refractivity contribution in [3.8, 4) is 0 Å². The van der Waals surface area contributed by atoms with Gasteiger partial charge in [-0.3, -0.25) is 0 Å². The molecule has 1 N–H and O–H groups in total. The molecule has 0 spiro atoms. The number of hydrogen-bond acceptors (Lipinski definition) is 4. The fraction of sp³-hybridized carbons (Fsp3) is 1.00. The van der Waals surface area contributed by atoms with Gasteiger partial charge in [0, 0.05) is 24.4 Å². The van der Waals surface area contributed by atoms with E-state index >= 15 is 0 Å². The SMILES string of the molecule is CCCS(=O)(=O)CCNC1(C)CCOC1. The molecule has 4 nitrogen and oxygen atoms in total. The van der Waals surface area contributed by atoms with Crippen molar-refractivity contribution in [2.75, 3.05) is 31.3 Å². The summed E-state index contributed by atoms with van der Waals surface area (Å²) in [6.45, 7) is 5.94. The van der Waals surface area contributed by atoms with Crippen LogP contribution in [0.5, 0.6) is 0 Å². The summed E-state index contributed by atoms with van der Waals surface area (Å²) in [5.41, 5.74) is -0.0261. The van der Waals surface area contributed by atoms with Gasteiger partial charge < -0.3 is 10.1 Å². The Morgan fingerprint density at radius 2 is 2.13 bits per heavy atom. The second-order valence-electron chi connectivity index (χ2n) is 4.44. The van der Waals surface area contributed by atoms with Gasteiger partial charge in [0.2, 0.25) is 0 Å². The minimum atomic E-state index is -2.85. The Hall–Kier alpha value is -0.130. The second-order valence-corrected chi connectivity index (χ2v) is 6.75. The van der Waals surface area contributed by atoms with Crippen molar-refractivity contribution in [1.82, 2.24) is 5.32 Å². The molecule has 0 aromatic heterocycles. The zero-order chi connectivity index (χ0) is 11.4. The van der Waals surface area contributed by atoms with E-state index in [4.69, 9.17) is 4.74 Å². The molecule has 0 aromatic carbocycles. The predicted octanol–water partition coefficient (Wildman–Crippen LogP) is 0.580. The summed E-state index contributed by atoms with van der Waals surface area (Å²) in [5, 5.41) is 3.27. The lowest BCUT2D eigenvalue weighted by Gasteiger charge is -2.23. The van der Waals surface area contributed by atoms with E-state index in [1.165, 1.54) is 0 Å². The first-order chi connectivity index (χ1) is 6.97. The Bertz CT molecular complexity index is 281.